The first-order chi connectivity index (χ1) is 9.90. The van der Waals surface area contributed by atoms with Gasteiger partial charge in [-0.3, -0.25) is 4.79 Å². The molecule has 0 aromatic rings. The quantitative estimate of drug-likeness (QED) is 0.556. The van der Waals surface area contributed by atoms with E-state index >= 15 is 0 Å². The molecule has 126 valence electrons. The van der Waals surface area contributed by atoms with Crippen LogP contribution < -0.4 is 0 Å². The third kappa shape index (κ3) is 3.88. The minimum atomic E-state index is -4.77. The fourth-order valence-electron chi connectivity index (χ4n) is 2.90. The summed E-state index contributed by atoms with van der Waals surface area (Å²) in [5.41, 5.74) is -1.51. The Morgan fingerprint density at radius 2 is 2.14 bits per heavy atom. The van der Waals surface area contributed by atoms with E-state index < -0.39 is 45.2 Å². The molecule has 1 amide bonds. The van der Waals surface area contributed by atoms with Gasteiger partial charge in [0.15, 0.2) is 0 Å². The van der Waals surface area contributed by atoms with Crippen molar-refractivity contribution in [3.63, 3.8) is 0 Å². The zero-order valence-electron chi connectivity index (χ0n) is 12.8. The summed E-state index contributed by atoms with van der Waals surface area (Å²) in [4.78, 5) is 25.0. The normalized spacial score (nSPS) is 29.0. The molecule has 0 aromatic heterocycles. The van der Waals surface area contributed by atoms with Crippen molar-refractivity contribution in [1.29, 1.82) is 0 Å². The zero-order valence-corrected chi connectivity index (χ0v) is 13.6. The summed E-state index contributed by atoms with van der Waals surface area (Å²) >= 11 is 0. The number of esters is 1. The summed E-state index contributed by atoms with van der Waals surface area (Å²) in [5.74, 6) is -1.44. The highest BCUT2D eigenvalue weighted by molar-refractivity contribution is 7.86. The second-order valence-corrected chi connectivity index (χ2v) is 8.29. The number of hydrogen-bond donors (Lipinski definition) is 0. The molecule has 0 bridgehead atoms. The molecule has 22 heavy (non-hydrogen) atoms. The van der Waals surface area contributed by atoms with Gasteiger partial charge < -0.3 is 14.4 Å². The summed E-state index contributed by atoms with van der Waals surface area (Å²) in [5, 5.41) is 0. The summed E-state index contributed by atoms with van der Waals surface area (Å²) < 4.78 is 44.9. The van der Waals surface area contributed by atoms with Crippen LogP contribution in [0.2, 0.25) is 0 Å². The van der Waals surface area contributed by atoms with Crippen molar-refractivity contribution in [3.8, 4) is 0 Å². The molecule has 0 aliphatic carbocycles. The van der Waals surface area contributed by atoms with Crippen LogP contribution in [0.25, 0.3) is 0 Å². The molecule has 2 unspecified atom stereocenters. The number of rotatable bonds is 2. The lowest BCUT2D eigenvalue weighted by Crippen LogP contribution is -2.41. The van der Waals surface area contributed by atoms with E-state index in [0.717, 1.165) is 0 Å². The molecular formula is C13H20FNO6S. The molecule has 2 heterocycles. The number of amides is 1. The number of cyclic esters (lactones) is 1. The first-order valence-corrected chi connectivity index (χ1v) is 8.55. The Labute approximate surface area is 129 Å². The number of carbonyl (C=O) groups excluding carboxylic acids is 2. The van der Waals surface area contributed by atoms with Crippen LogP contribution in [0, 0.1) is 5.41 Å². The molecule has 0 N–H and O–H groups in total. The average molecular weight is 337 g/mol. The minimum absolute atomic E-state index is 0.0213. The molecule has 7 nitrogen and oxygen atoms in total. The molecule has 0 radical (unpaired) electrons. The number of ether oxygens (including phenoxy) is 2. The van der Waals surface area contributed by atoms with Crippen molar-refractivity contribution in [2.24, 2.45) is 5.41 Å². The second kappa shape index (κ2) is 5.36. The molecule has 9 heteroatoms. The number of nitrogens with zero attached hydrogens (tertiary/aromatic N) is 1. The number of hydrogen-bond acceptors (Lipinski definition) is 6. The van der Waals surface area contributed by atoms with Gasteiger partial charge in [-0.15, -0.1) is 3.89 Å². The van der Waals surface area contributed by atoms with Crippen LogP contribution in [0.5, 0.6) is 0 Å². The van der Waals surface area contributed by atoms with Crippen molar-refractivity contribution < 1.29 is 31.4 Å². The van der Waals surface area contributed by atoms with Crippen molar-refractivity contribution >= 4 is 22.3 Å². The van der Waals surface area contributed by atoms with Crippen LogP contribution in [0.4, 0.5) is 8.68 Å². The average Bonchev–Trinajstić information content (AvgIpc) is 2.80. The Morgan fingerprint density at radius 3 is 2.68 bits per heavy atom. The highest BCUT2D eigenvalue weighted by Crippen LogP contribution is 2.44. The molecule has 2 rings (SSSR count). The topological polar surface area (TPSA) is 90.0 Å². The number of carbonyl (C=O) groups is 2. The van der Waals surface area contributed by atoms with E-state index in [1.54, 1.807) is 20.8 Å². The van der Waals surface area contributed by atoms with E-state index in [1.165, 1.54) is 4.90 Å². The number of halogens is 1. The fraction of sp³-hybridized carbons (Fsp3) is 0.846. The van der Waals surface area contributed by atoms with Crippen molar-refractivity contribution in [2.75, 3.05) is 18.8 Å². The zero-order chi connectivity index (χ0) is 16.8. The van der Waals surface area contributed by atoms with Crippen molar-refractivity contribution in [2.45, 2.75) is 45.3 Å². The predicted molar refractivity (Wildman–Crippen MR) is 74.2 cm³/mol. The van der Waals surface area contributed by atoms with Gasteiger partial charge in [0.25, 0.3) is 0 Å². The Hall–Kier alpha value is -1.38. The summed E-state index contributed by atoms with van der Waals surface area (Å²) in [6.45, 7) is 5.63. The van der Waals surface area contributed by atoms with Gasteiger partial charge in [0.05, 0.1) is 6.42 Å². The monoisotopic (exact) mass is 337 g/mol. The minimum Gasteiger partial charge on any atom is -0.460 e. The maximum atomic E-state index is 13.0. The first kappa shape index (κ1) is 17.0. The molecule has 0 aromatic carbocycles. The molecule has 2 aliphatic rings. The van der Waals surface area contributed by atoms with Gasteiger partial charge in [-0.2, -0.15) is 8.42 Å². The van der Waals surface area contributed by atoms with Crippen molar-refractivity contribution in [1.82, 2.24) is 4.90 Å². The lowest BCUT2D eigenvalue weighted by molar-refractivity contribution is -0.140. The molecule has 2 aliphatic heterocycles. The maximum Gasteiger partial charge on any atom is 0.410 e. The standard InChI is InChI=1S/C13H20FNO6S/c1-12(2,3)21-11(17)15-5-4-13(8-15)6-10(16)20-9(13)7-22(14,18)19/h9H,4-8H2,1-3H3. The van der Waals surface area contributed by atoms with E-state index in [0.29, 0.717) is 13.0 Å². The molecule has 2 atom stereocenters. The SMILES string of the molecule is CC(C)(C)OC(=O)N1CCC2(CC(=O)OC2CS(=O)(=O)F)C1. The van der Waals surface area contributed by atoms with E-state index in [9.17, 15) is 21.9 Å². The highest BCUT2D eigenvalue weighted by atomic mass is 32.3. The lowest BCUT2D eigenvalue weighted by atomic mass is 9.81. The Balaban J connectivity index is 2.11. The lowest BCUT2D eigenvalue weighted by Gasteiger charge is -2.28. The van der Waals surface area contributed by atoms with E-state index in [1.807, 2.05) is 0 Å². The van der Waals surface area contributed by atoms with Crippen LogP contribution in [-0.2, 0) is 24.5 Å². The smallest absolute Gasteiger partial charge is 0.410 e. The highest BCUT2D eigenvalue weighted by Gasteiger charge is 2.55. The summed E-state index contributed by atoms with van der Waals surface area (Å²) in [7, 11) is -4.77. The van der Waals surface area contributed by atoms with E-state index in [2.05, 4.69) is 0 Å². The fourth-order valence-corrected chi connectivity index (χ4v) is 3.69. The molecule has 0 saturated carbocycles. The second-order valence-electron chi connectivity index (χ2n) is 6.88. The van der Waals surface area contributed by atoms with Crippen LogP contribution in [0.1, 0.15) is 33.6 Å². The third-order valence-electron chi connectivity index (χ3n) is 3.84. The molecule has 2 saturated heterocycles. The third-order valence-corrected chi connectivity index (χ3v) is 4.54. The van der Waals surface area contributed by atoms with E-state index in [-0.39, 0.29) is 13.0 Å². The van der Waals surface area contributed by atoms with Crippen LogP contribution >= 0.6 is 0 Å². The van der Waals surface area contributed by atoms with E-state index in [4.69, 9.17) is 9.47 Å². The predicted octanol–water partition coefficient (Wildman–Crippen LogP) is 1.23. The van der Waals surface area contributed by atoms with Crippen molar-refractivity contribution in [3.05, 3.63) is 0 Å². The Bertz CT molecular complexity index is 584. The van der Waals surface area contributed by atoms with Crippen LogP contribution in [0.15, 0.2) is 0 Å². The first-order valence-electron chi connectivity index (χ1n) is 7.00. The molecule has 2 fully saturated rings. The summed E-state index contributed by atoms with van der Waals surface area (Å²) in [6, 6.07) is 0. The Kier molecular flexibility index (Phi) is 4.14. The number of likely N-dealkylation sites (tertiary alicyclic amines) is 1. The summed E-state index contributed by atoms with van der Waals surface area (Å²) in [6.07, 6.45) is -1.25. The Morgan fingerprint density at radius 1 is 1.50 bits per heavy atom. The molecule has 1 spiro atoms. The largest absolute Gasteiger partial charge is 0.460 e. The van der Waals surface area contributed by atoms with Gasteiger partial charge in [0, 0.05) is 18.5 Å². The van der Waals surface area contributed by atoms with Gasteiger partial charge in [-0.1, -0.05) is 0 Å². The van der Waals surface area contributed by atoms with Gasteiger partial charge >= 0.3 is 22.3 Å². The molecular weight excluding hydrogens is 317 g/mol. The van der Waals surface area contributed by atoms with Crippen LogP contribution in [-0.4, -0.2) is 55.9 Å². The van der Waals surface area contributed by atoms with Gasteiger partial charge in [-0.25, -0.2) is 4.79 Å². The van der Waals surface area contributed by atoms with Gasteiger partial charge in [-0.05, 0) is 27.2 Å². The van der Waals surface area contributed by atoms with Gasteiger partial charge in [0.2, 0.25) is 0 Å². The maximum absolute atomic E-state index is 13.0. The van der Waals surface area contributed by atoms with Gasteiger partial charge in [0.1, 0.15) is 17.5 Å². The van der Waals surface area contributed by atoms with Crippen LogP contribution in [0.3, 0.4) is 0 Å².